The number of nitrogens with one attached hydrogen (secondary N) is 2. The maximum atomic E-state index is 11.9. The van der Waals surface area contributed by atoms with E-state index in [2.05, 4.69) is 15.9 Å². The van der Waals surface area contributed by atoms with Gasteiger partial charge in [-0.05, 0) is 25.8 Å². The maximum Gasteiger partial charge on any atom is 0.341 e. The predicted octanol–water partition coefficient (Wildman–Crippen LogP) is 0.771. The topological polar surface area (TPSA) is 117 Å². The van der Waals surface area contributed by atoms with E-state index in [-0.39, 0.29) is 24.2 Å². The molecule has 0 radical (unpaired) electrons. The van der Waals surface area contributed by atoms with Crippen LogP contribution >= 0.6 is 23.2 Å². The largest absolute Gasteiger partial charge is 0.353 e. The number of urea groups is 1. The lowest BCUT2D eigenvalue weighted by atomic mass is 10.1. The number of alkyl halides is 2. The summed E-state index contributed by atoms with van der Waals surface area (Å²) in [5, 5.41) is 8.24. The molecule has 0 aromatic rings. The number of unbranched alkanes of at least 4 members (excludes halogenated alkanes) is 1. The summed E-state index contributed by atoms with van der Waals surface area (Å²) < 4.78 is 0. The van der Waals surface area contributed by atoms with Crippen molar-refractivity contribution in [1.29, 1.82) is 0 Å². The van der Waals surface area contributed by atoms with Crippen molar-refractivity contribution in [3.8, 4) is 0 Å². The van der Waals surface area contributed by atoms with Gasteiger partial charge < -0.3 is 16.4 Å². The number of carbonyl (C=O) groups is 2. The molecular formula is C11H21Cl2N5O3. The zero-order valence-corrected chi connectivity index (χ0v) is 13.2. The number of nitrogens with two attached hydrogens (primary N) is 1. The van der Waals surface area contributed by atoms with E-state index >= 15 is 0 Å². The number of nitroso groups, excluding NO2 is 1. The van der Waals surface area contributed by atoms with Crippen LogP contribution in [0.15, 0.2) is 5.29 Å². The lowest BCUT2D eigenvalue weighted by Gasteiger charge is -2.20. The number of carbonyl (C=O) groups excluding carboxylic acids is 2. The van der Waals surface area contributed by atoms with Crippen LogP contribution in [0.3, 0.4) is 0 Å². The van der Waals surface area contributed by atoms with Crippen molar-refractivity contribution in [3.63, 3.8) is 0 Å². The first-order chi connectivity index (χ1) is 10.1. The standard InChI is InChI=1S/C11H21Cl2N5O3/c12-4-7-15-10(19)9(3-1-2-6-14)16-11(20)18(17-21)8-5-13/h9H,1-8,14H2,(H,15,19)(H,16,20). The van der Waals surface area contributed by atoms with Crippen LogP contribution in [0.4, 0.5) is 4.79 Å². The van der Waals surface area contributed by atoms with Crippen LogP contribution in [0.25, 0.3) is 0 Å². The molecule has 3 amide bonds. The van der Waals surface area contributed by atoms with Gasteiger partial charge in [0.05, 0.1) is 11.8 Å². The van der Waals surface area contributed by atoms with Gasteiger partial charge in [0.1, 0.15) is 6.04 Å². The van der Waals surface area contributed by atoms with E-state index in [1.165, 1.54) is 0 Å². The monoisotopic (exact) mass is 341 g/mol. The van der Waals surface area contributed by atoms with Gasteiger partial charge in [-0.2, -0.15) is 5.01 Å². The SMILES string of the molecule is NCCCCC(NC(=O)N(CCCl)N=O)C(=O)NCCCl. The van der Waals surface area contributed by atoms with Crippen LogP contribution < -0.4 is 16.4 Å². The molecule has 1 atom stereocenters. The average molecular weight is 342 g/mol. The fourth-order valence-electron chi connectivity index (χ4n) is 1.54. The third-order valence-electron chi connectivity index (χ3n) is 2.58. The zero-order chi connectivity index (χ0) is 16.1. The van der Waals surface area contributed by atoms with Crippen molar-refractivity contribution < 1.29 is 9.59 Å². The van der Waals surface area contributed by atoms with Gasteiger partial charge in [0.15, 0.2) is 0 Å². The number of rotatable bonds is 11. The van der Waals surface area contributed by atoms with Gasteiger partial charge >= 0.3 is 6.03 Å². The van der Waals surface area contributed by atoms with Crippen molar-refractivity contribution in [2.45, 2.75) is 25.3 Å². The molecule has 0 aromatic heterocycles. The Morgan fingerprint density at radius 3 is 2.48 bits per heavy atom. The van der Waals surface area contributed by atoms with Gasteiger partial charge in [-0.3, -0.25) is 4.79 Å². The highest BCUT2D eigenvalue weighted by atomic mass is 35.5. The third kappa shape index (κ3) is 8.69. The second-order valence-corrected chi connectivity index (χ2v) is 4.92. The van der Waals surface area contributed by atoms with Crippen LogP contribution in [-0.4, -0.2) is 54.4 Å². The molecule has 8 nitrogen and oxygen atoms in total. The summed E-state index contributed by atoms with van der Waals surface area (Å²) in [5.74, 6) is -0.0309. The van der Waals surface area contributed by atoms with Gasteiger partial charge in [0.2, 0.25) is 5.91 Å². The second kappa shape index (κ2) is 12.6. The van der Waals surface area contributed by atoms with E-state index in [9.17, 15) is 14.5 Å². The lowest BCUT2D eigenvalue weighted by Crippen LogP contribution is -2.50. The molecule has 0 rings (SSSR count). The number of amides is 3. The minimum Gasteiger partial charge on any atom is -0.353 e. The lowest BCUT2D eigenvalue weighted by molar-refractivity contribution is -0.123. The van der Waals surface area contributed by atoms with Gasteiger partial charge in [-0.15, -0.1) is 28.1 Å². The number of nitrogens with zero attached hydrogens (tertiary/aromatic N) is 2. The van der Waals surface area contributed by atoms with Crippen LogP contribution in [0.1, 0.15) is 19.3 Å². The molecule has 0 aliphatic carbocycles. The summed E-state index contributed by atoms with van der Waals surface area (Å²) in [6.45, 7) is 0.759. The summed E-state index contributed by atoms with van der Waals surface area (Å²) in [6, 6.07) is -1.53. The Labute approximate surface area is 133 Å². The van der Waals surface area contributed by atoms with Crippen LogP contribution in [0, 0.1) is 4.91 Å². The zero-order valence-electron chi connectivity index (χ0n) is 11.7. The van der Waals surface area contributed by atoms with Gasteiger partial charge in [0, 0.05) is 18.3 Å². The van der Waals surface area contributed by atoms with E-state index < -0.39 is 12.1 Å². The van der Waals surface area contributed by atoms with Gasteiger partial charge in [0.25, 0.3) is 0 Å². The highest BCUT2D eigenvalue weighted by Gasteiger charge is 2.23. The number of halogens is 2. The second-order valence-electron chi connectivity index (χ2n) is 4.16. The fourth-order valence-corrected chi connectivity index (χ4v) is 1.79. The molecule has 0 saturated heterocycles. The highest BCUT2D eigenvalue weighted by molar-refractivity contribution is 6.18. The Morgan fingerprint density at radius 2 is 1.95 bits per heavy atom. The molecule has 0 aliphatic rings. The van der Waals surface area contributed by atoms with E-state index in [1.54, 1.807) is 0 Å². The summed E-state index contributed by atoms with van der Waals surface area (Å²) in [5.41, 5.74) is 5.40. The quantitative estimate of drug-likeness (QED) is 0.222. The molecular weight excluding hydrogens is 321 g/mol. The molecule has 0 spiro atoms. The number of hydrogen-bond acceptors (Lipinski definition) is 5. The van der Waals surface area contributed by atoms with Gasteiger partial charge in [-0.25, -0.2) is 4.79 Å². The Hall–Kier alpha value is -1.12. The minimum atomic E-state index is -0.771. The molecule has 0 saturated carbocycles. The molecule has 0 bridgehead atoms. The molecule has 0 aliphatic heterocycles. The van der Waals surface area contributed by atoms with E-state index in [4.69, 9.17) is 28.9 Å². The smallest absolute Gasteiger partial charge is 0.341 e. The Kier molecular flexibility index (Phi) is 11.9. The highest BCUT2D eigenvalue weighted by Crippen LogP contribution is 2.03. The van der Waals surface area contributed by atoms with E-state index in [0.29, 0.717) is 30.9 Å². The molecule has 122 valence electrons. The van der Waals surface area contributed by atoms with E-state index in [0.717, 1.165) is 6.42 Å². The van der Waals surface area contributed by atoms with Crippen molar-refractivity contribution in [2.24, 2.45) is 11.0 Å². The van der Waals surface area contributed by atoms with E-state index in [1.807, 2.05) is 0 Å². The van der Waals surface area contributed by atoms with Crippen molar-refractivity contribution in [3.05, 3.63) is 4.91 Å². The molecule has 21 heavy (non-hydrogen) atoms. The summed E-state index contributed by atoms with van der Waals surface area (Å²) >= 11 is 11.0. The predicted molar refractivity (Wildman–Crippen MR) is 82.2 cm³/mol. The Bertz CT molecular complexity index is 333. The molecule has 0 heterocycles. The molecule has 1 unspecified atom stereocenters. The van der Waals surface area contributed by atoms with Crippen molar-refractivity contribution >= 4 is 35.1 Å². The molecule has 0 fully saturated rings. The maximum absolute atomic E-state index is 11.9. The van der Waals surface area contributed by atoms with Crippen molar-refractivity contribution in [1.82, 2.24) is 15.6 Å². The fraction of sp³-hybridized carbons (Fsp3) is 0.818. The average Bonchev–Trinajstić information content (AvgIpc) is 2.49. The first-order valence-corrected chi connectivity index (χ1v) is 7.68. The minimum absolute atomic E-state index is 0.0320. The molecule has 4 N–H and O–H groups in total. The summed E-state index contributed by atoms with van der Waals surface area (Å²) in [6.07, 6.45) is 1.80. The molecule has 0 aromatic carbocycles. The third-order valence-corrected chi connectivity index (χ3v) is 2.94. The Balaban J connectivity index is 4.58. The Morgan fingerprint density at radius 1 is 1.24 bits per heavy atom. The normalized spacial score (nSPS) is 11.6. The van der Waals surface area contributed by atoms with Crippen LogP contribution in [0.2, 0.25) is 0 Å². The first-order valence-electron chi connectivity index (χ1n) is 6.61. The summed E-state index contributed by atoms with van der Waals surface area (Å²) in [7, 11) is 0. The van der Waals surface area contributed by atoms with Crippen LogP contribution in [-0.2, 0) is 4.79 Å². The molecule has 10 heteroatoms. The van der Waals surface area contributed by atoms with Gasteiger partial charge in [-0.1, -0.05) is 0 Å². The summed E-state index contributed by atoms with van der Waals surface area (Å²) in [4.78, 5) is 34.3. The first kappa shape index (κ1) is 19.9. The number of hydrogen-bond donors (Lipinski definition) is 3. The van der Waals surface area contributed by atoms with Crippen molar-refractivity contribution in [2.75, 3.05) is 31.4 Å². The van der Waals surface area contributed by atoms with Crippen LogP contribution in [0.5, 0.6) is 0 Å².